The van der Waals surface area contributed by atoms with E-state index < -0.39 is 0 Å². The van der Waals surface area contributed by atoms with Crippen LogP contribution in [0.2, 0.25) is 5.02 Å². The summed E-state index contributed by atoms with van der Waals surface area (Å²) in [6, 6.07) is 9.34. The van der Waals surface area contributed by atoms with Crippen molar-refractivity contribution in [2.75, 3.05) is 5.73 Å². The molecule has 2 N–H and O–H groups in total. The van der Waals surface area contributed by atoms with Crippen LogP contribution < -0.4 is 5.73 Å². The average molecular weight is 248 g/mol. The number of hydrogen-bond donors (Lipinski definition) is 1. The molecule has 0 aliphatic carbocycles. The van der Waals surface area contributed by atoms with E-state index in [0.717, 1.165) is 29.9 Å². The minimum Gasteiger partial charge on any atom is -0.384 e. The van der Waals surface area contributed by atoms with Gasteiger partial charge in [-0.15, -0.1) is 0 Å². The van der Waals surface area contributed by atoms with Gasteiger partial charge in [0.2, 0.25) is 0 Å². The van der Waals surface area contributed by atoms with E-state index in [2.05, 4.69) is 16.9 Å². The number of nitrogens with two attached hydrogens (primary N) is 1. The van der Waals surface area contributed by atoms with Crippen LogP contribution >= 0.6 is 11.6 Å². The van der Waals surface area contributed by atoms with Crippen molar-refractivity contribution < 1.29 is 0 Å². The number of benzene rings is 1. The summed E-state index contributed by atoms with van der Waals surface area (Å²) in [5.74, 6) is 1.28. The third-order valence-electron chi connectivity index (χ3n) is 2.39. The molecule has 0 saturated heterocycles. The Hall–Kier alpha value is -1.61. The Morgan fingerprint density at radius 3 is 2.76 bits per heavy atom. The zero-order chi connectivity index (χ0) is 12.3. The summed E-state index contributed by atoms with van der Waals surface area (Å²) in [4.78, 5) is 8.69. The molecule has 0 bridgehead atoms. The molecule has 0 unspecified atom stereocenters. The molecule has 4 heteroatoms. The molecule has 1 aromatic heterocycles. The average Bonchev–Trinajstić information content (AvgIpc) is 2.28. The molecule has 3 nitrogen and oxygen atoms in total. The van der Waals surface area contributed by atoms with Gasteiger partial charge in [0.25, 0.3) is 0 Å². The first-order chi connectivity index (χ1) is 8.19. The van der Waals surface area contributed by atoms with E-state index >= 15 is 0 Å². The topological polar surface area (TPSA) is 51.8 Å². The number of nitrogen functional groups attached to an aromatic ring is 1. The lowest BCUT2D eigenvalue weighted by Gasteiger charge is -2.05. The molecule has 0 amide bonds. The molecule has 0 spiro atoms. The number of nitrogens with zero attached hydrogens (tertiary/aromatic N) is 2. The fourth-order valence-electron chi connectivity index (χ4n) is 1.65. The first-order valence-electron chi connectivity index (χ1n) is 5.58. The second kappa shape index (κ2) is 5.15. The van der Waals surface area contributed by atoms with E-state index in [9.17, 15) is 0 Å². The first-order valence-corrected chi connectivity index (χ1v) is 5.96. The Kier molecular flexibility index (Phi) is 3.59. The predicted octanol–water partition coefficient (Wildman–Crippen LogP) is 3.33. The van der Waals surface area contributed by atoms with Crippen LogP contribution in [0.5, 0.6) is 0 Å². The van der Waals surface area contributed by atoms with Crippen molar-refractivity contribution in [2.24, 2.45) is 0 Å². The third kappa shape index (κ3) is 2.94. The van der Waals surface area contributed by atoms with E-state index in [1.165, 1.54) is 0 Å². The van der Waals surface area contributed by atoms with E-state index in [1.54, 1.807) is 6.07 Å². The molecule has 2 rings (SSSR count). The highest BCUT2D eigenvalue weighted by atomic mass is 35.5. The Morgan fingerprint density at radius 1 is 1.24 bits per heavy atom. The lowest BCUT2D eigenvalue weighted by molar-refractivity contribution is 0.839. The summed E-state index contributed by atoms with van der Waals surface area (Å²) in [6.45, 7) is 2.09. The summed E-state index contributed by atoms with van der Waals surface area (Å²) in [6.07, 6.45) is 1.83. The van der Waals surface area contributed by atoms with Gasteiger partial charge in [-0.3, -0.25) is 0 Å². The van der Waals surface area contributed by atoms with Gasteiger partial charge in [0.15, 0.2) is 0 Å². The molecule has 0 fully saturated rings. The van der Waals surface area contributed by atoms with Gasteiger partial charge in [0.05, 0.1) is 5.69 Å². The highest BCUT2D eigenvalue weighted by molar-refractivity contribution is 6.30. The molecule has 0 aliphatic rings. The van der Waals surface area contributed by atoms with E-state index in [4.69, 9.17) is 17.3 Å². The molecule has 88 valence electrons. The van der Waals surface area contributed by atoms with Crippen molar-refractivity contribution in [1.82, 2.24) is 9.97 Å². The van der Waals surface area contributed by atoms with Gasteiger partial charge in [0, 0.05) is 23.1 Å². The summed E-state index contributed by atoms with van der Waals surface area (Å²) < 4.78 is 0. The van der Waals surface area contributed by atoms with Crippen LogP contribution in [0.4, 0.5) is 5.82 Å². The third-order valence-corrected chi connectivity index (χ3v) is 2.62. The molecule has 0 aliphatic heterocycles. The fourth-order valence-corrected chi connectivity index (χ4v) is 1.84. The van der Waals surface area contributed by atoms with Gasteiger partial charge >= 0.3 is 0 Å². The maximum absolute atomic E-state index is 5.96. The van der Waals surface area contributed by atoms with E-state index in [1.807, 2.05) is 24.3 Å². The minimum atomic E-state index is 0.499. The van der Waals surface area contributed by atoms with Crippen LogP contribution in [0.1, 0.15) is 19.2 Å². The highest BCUT2D eigenvalue weighted by Crippen LogP contribution is 2.22. The van der Waals surface area contributed by atoms with Crippen LogP contribution in [-0.2, 0) is 6.42 Å². The van der Waals surface area contributed by atoms with Crippen LogP contribution in [0.3, 0.4) is 0 Å². The number of aryl methyl sites for hydroxylation is 1. The molecular formula is C13H14ClN3. The molecule has 1 heterocycles. The number of halogens is 1. The lowest BCUT2D eigenvalue weighted by Crippen LogP contribution is -2.01. The second-order valence-corrected chi connectivity index (χ2v) is 4.29. The van der Waals surface area contributed by atoms with Gasteiger partial charge in [-0.05, 0) is 18.6 Å². The Balaban J connectivity index is 2.44. The number of anilines is 1. The summed E-state index contributed by atoms with van der Waals surface area (Å²) in [7, 11) is 0. The van der Waals surface area contributed by atoms with Gasteiger partial charge in [0.1, 0.15) is 11.6 Å². The predicted molar refractivity (Wildman–Crippen MR) is 70.9 cm³/mol. The molecule has 17 heavy (non-hydrogen) atoms. The summed E-state index contributed by atoms with van der Waals surface area (Å²) in [5.41, 5.74) is 7.57. The zero-order valence-electron chi connectivity index (χ0n) is 9.65. The molecular weight excluding hydrogens is 234 g/mol. The number of hydrogen-bond acceptors (Lipinski definition) is 3. The smallest absolute Gasteiger partial charge is 0.131 e. The second-order valence-electron chi connectivity index (χ2n) is 3.85. The maximum atomic E-state index is 5.96. The highest BCUT2D eigenvalue weighted by Gasteiger charge is 2.05. The van der Waals surface area contributed by atoms with Crippen LogP contribution in [0.15, 0.2) is 30.3 Å². The van der Waals surface area contributed by atoms with E-state index in [0.29, 0.717) is 10.8 Å². The monoisotopic (exact) mass is 247 g/mol. The van der Waals surface area contributed by atoms with Gasteiger partial charge < -0.3 is 5.73 Å². The normalized spacial score (nSPS) is 10.5. The Morgan fingerprint density at radius 2 is 2.06 bits per heavy atom. The fraction of sp³-hybridized carbons (Fsp3) is 0.231. The first kappa shape index (κ1) is 11.9. The maximum Gasteiger partial charge on any atom is 0.131 e. The molecule has 2 aromatic rings. The molecule has 0 radical (unpaired) electrons. The minimum absolute atomic E-state index is 0.499. The number of rotatable bonds is 3. The lowest BCUT2D eigenvalue weighted by atomic mass is 10.1. The van der Waals surface area contributed by atoms with Gasteiger partial charge in [-0.2, -0.15) is 0 Å². The summed E-state index contributed by atoms with van der Waals surface area (Å²) >= 11 is 5.96. The van der Waals surface area contributed by atoms with Gasteiger partial charge in [-0.25, -0.2) is 9.97 Å². The molecule has 1 aromatic carbocycles. The zero-order valence-corrected chi connectivity index (χ0v) is 10.4. The number of aromatic nitrogens is 2. The van der Waals surface area contributed by atoms with E-state index in [-0.39, 0.29) is 0 Å². The SMILES string of the molecule is CCCc1nc(N)cc(-c2cccc(Cl)c2)n1. The van der Waals surface area contributed by atoms with Crippen LogP contribution in [0.25, 0.3) is 11.3 Å². The van der Waals surface area contributed by atoms with Gasteiger partial charge in [-0.1, -0.05) is 30.7 Å². The van der Waals surface area contributed by atoms with Crippen LogP contribution in [-0.4, -0.2) is 9.97 Å². The van der Waals surface area contributed by atoms with Crippen LogP contribution in [0, 0.1) is 0 Å². The summed E-state index contributed by atoms with van der Waals surface area (Å²) in [5, 5.41) is 0.691. The Labute approximate surface area is 106 Å². The standard InChI is InChI=1S/C13H14ClN3/c1-2-4-13-16-11(8-12(15)17-13)9-5-3-6-10(14)7-9/h3,5-8H,2,4H2,1H3,(H2,15,16,17). The quantitative estimate of drug-likeness (QED) is 0.905. The van der Waals surface area contributed by atoms with Crippen molar-refractivity contribution in [3.8, 4) is 11.3 Å². The largest absolute Gasteiger partial charge is 0.384 e. The molecule has 0 saturated carbocycles. The molecule has 0 atom stereocenters. The van der Waals surface area contributed by atoms with Crippen molar-refractivity contribution in [1.29, 1.82) is 0 Å². The van der Waals surface area contributed by atoms with Crippen molar-refractivity contribution >= 4 is 17.4 Å². The van der Waals surface area contributed by atoms with Crippen molar-refractivity contribution in [3.63, 3.8) is 0 Å². The van der Waals surface area contributed by atoms with Crippen molar-refractivity contribution in [3.05, 3.63) is 41.2 Å². The van der Waals surface area contributed by atoms with Crippen molar-refractivity contribution in [2.45, 2.75) is 19.8 Å². The Bertz CT molecular complexity index is 526.